The molecule has 32 heavy (non-hydrogen) atoms. The van der Waals surface area contributed by atoms with Crippen molar-refractivity contribution in [2.45, 2.75) is 13.8 Å². The highest BCUT2D eigenvalue weighted by atomic mass is 16.6. The van der Waals surface area contributed by atoms with E-state index >= 15 is 0 Å². The minimum absolute atomic E-state index is 0.0760. The van der Waals surface area contributed by atoms with Gasteiger partial charge in [-0.15, -0.1) is 0 Å². The molecule has 0 radical (unpaired) electrons. The summed E-state index contributed by atoms with van der Waals surface area (Å²) in [5.41, 5.74) is 3.31. The number of aryl methyl sites for hydroxylation is 1. The van der Waals surface area contributed by atoms with E-state index in [1.165, 1.54) is 25.1 Å². The third-order valence-electron chi connectivity index (χ3n) is 5.11. The predicted molar refractivity (Wildman–Crippen MR) is 118 cm³/mol. The minimum atomic E-state index is -0.540. The third kappa shape index (κ3) is 3.79. The lowest BCUT2D eigenvalue weighted by molar-refractivity contribution is -0.384. The fourth-order valence-electron chi connectivity index (χ4n) is 3.35. The van der Waals surface area contributed by atoms with Gasteiger partial charge in [0, 0.05) is 34.5 Å². The molecule has 2 N–H and O–H groups in total. The molecular weight excluding hydrogens is 412 g/mol. The maximum absolute atomic E-state index is 12.6. The van der Waals surface area contributed by atoms with Gasteiger partial charge in [-0.05, 0) is 55.8 Å². The Morgan fingerprint density at radius 3 is 2.34 bits per heavy atom. The summed E-state index contributed by atoms with van der Waals surface area (Å²) >= 11 is 0. The number of fused-ring (bicyclic) bond motifs is 1. The summed E-state index contributed by atoms with van der Waals surface area (Å²) in [5, 5.41) is 24.3. The summed E-state index contributed by atoms with van der Waals surface area (Å²) in [6.07, 6.45) is 0. The quantitative estimate of drug-likeness (QED) is 0.206. The number of carbonyl (C=O) groups excluding carboxylic acids is 2. The molecule has 9 nitrogen and oxygen atoms in total. The molecule has 0 aliphatic carbocycles. The Balaban J connectivity index is 1.61. The largest absolute Gasteiger partial charge is 0.426 e. The molecule has 0 unspecified atom stereocenters. The lowest BCUT2D eigenvalue weighted by Crippen LogP contribution is -2.13. The third-order valence-corrected chi connectivity index (χ3v) is 5.11. The second-order valence-electron chi connectivity index (χ2n) is 7.29. The molecule has 0 aliphatic heterocycles. The van der Waals surface area contributed by atoms with E-state index in [9.17, 15) is 24.9 Å². The van der Waals surface area contributed by atoms with E-state index in [4.69, 9.17) is 0 Å². The Morgan fingerprint density at radius 1 is 1.03 bits per heavy atom. The highest BCUT2D eigenvalue weighted by Gasteiger charge is 2.17. The number of amides is 1. The predicted octanol–water partition coefficient (Wildman–Crippen LogP) is 4.61. The molecule has 4 aromatic rings. The first-order chi connectivity index (χ1) is 15.2. The number of anilines is 1. The van der Waals surface area contributed by atoms with Crippen molar-refractivity contribution in [2.24, 2.45) is 0 Å². The summed E-state index contributed by atoms with van der Waals surface area (Å²) in [6, 6.07) is 15.5. The van der Waals surface area contributed by atoms with Crippen LogP contribution in [-0.4, -0.2) is 31.5 Å². The zero-order valence-corrected chi connectivity index (χ0v) is 17.2. The van der Waals surface area contributed by atoms with Gasteiger partial charge in [-0.2, -0.15) is 4.73 Å². The van der Waals surface area contributed by atoms with Crippen molar-refractivity contribution in [3.8, 4) is 11.4 Å². The average molecular weight is 430 g/mol. The van der Waals surface area contributed by atoms with Gasteiger partial charge in [0.1, 0.15) is 5.52 Å². The van der Waals surface area contributed by atoms with Crippen LogP contribution in [0.15, 0.2) is 60.7 Å². The Labute approximate surface area is 182 Å². The standard InChI is InChI=1S/C23H18N4O5/c1-13-11-17(22-24-20-10-8-18(27(31)32)12-21(20)26(22)30)7-9-19(13)25-23(29)16-5-3-15(4-6-16)14(2)28/h3-12,30H,1-2H3,(H,25,29). The molecule has 160 valence electrons. The van der Waals surface area contributed by atoms with Crippen molar-refractivity contribution in [3.05, 3.63) is 87.5 Å². The number of nitro groups is 1. The molecule has 4 rings (SSSR count). The molecule has 3 aromatic carbocycles. The van der Waals surface area contributed by atoms with E-state index in [0.29, 0.717) is 27.9 Å². The van der Waals surface area contributed by atoms with Crippen LogP contribution >= 0.6 is 0 Å². The molecule has 1 aromatic heterocycles. The number of ketones is 1. The Hall–Kier alpha value is -4.53. The Morgan fingerprint density at radius 2 is 1.72 bits per heavy atom. The van der Waals surface area contributed by atoms with Gasteiger partial charge >= 0.3 is 0 Å². The van der Waals surface area contributed by atoms with E-state index in [0.717, 1.165) is 10.3 Å². The number of imidazole rings is 1. The molecule has 0 spiro atoms. The van der Waals surface area contributed by atoms with E-state index in [-0.39, 0.29) is 28.7 Å². The average Bonchev–Trinajstić information content (AvgIpc) is 3.11. The van der Waals surface area contributed by atoms with Crippen LogP contribution in [0.25, 0.3) is 22.4 Å². The van der Waals surface area contributed by atoms with Gasteiger partial charge in [-0.25, -0.2) is 4.98 Å². The van der Waals surface area contributed by atoms with Gasteiger partial charge in [-0.1, -0.05) is 12.1 Å². The molecule has 0 saturated carbocycles. The van der Waals surface area contributed by atoms with Crippen LogP contribution in [-0.2, 0) is 0 Å². The van der Waals surface area contributed by atoms with Crippen molar-refractivity contribution in [3.63, 3.8) is 0 Å². The van der Waals surface area contributed by atoms with Crippen LogP contribution in [0.4, 0.5) is 11.4 Å². The summed E-state index contributed by atoms with van der Waals surface area (Å²) in [6.45, 7) is 3.26. The number of nitro benzene ring substituents is 1. The number of non-ortho nitro benzene ring substituents is 1. The molecule has 0 atom stereocenters. The number of hydrogen-bond acceptors (Lipinski definition) is 6. The van der Waals surface area contributed by atoms with E-state index < -0.39 is 4.92 Å². The molecule has 1 heterocycles. The molecule has 0 aliphatic rings. The number of nitrogens with one attached hydrogen (secondary N) is 1. The Kier molecular flexibility index (Phi) is 5.15. The maximum Gasteiger partial charge on any atom is 0.271 e. The summed E-state index contributed by atoms with van der Waals surface area (Å²) in [7, 11) is 0. The van der Waals surface area contributed by atoms with Crippen molar-refractivity contribution >= 4 is 34.1 Å². The van der Waals surface area contributed by atoms with Crippen LogP contribution in [0.5, 0.6) is 0 Å². The molecule has 0 bridgehead atoms. The maximum atomic E-state index is 12.6. The Bertz CT molecular complexity index is 1390. The minimum Gasteiger partial charge on any atom is -0.426 e. The lowest BCUT2D eigenvalue weighted by atomic mass is 10.1. The zero-order chi connectivity index (χ0) is 23.0. The smallest absolute Gasteiger partial charge is 0.271 e. The van der Waals surface area contributed by atoms with Crippen molar-refractivity contribution in [1.82, 2.24) is 9.71 Å². The fourth-order valence-corrected chi connectivity index (χ4v) is 3.35. The number of carbonyl (C=O) groups is 2. The highest BCUT2D eigenvalue weighted by Crippen LogP contribution is 2.29. The topological polar surface area (TPSA) is 127 Å². The van der Waals surface area contributed by atoms with Crippen molar-refractivity contribution in [2.75, 3.05) is 5.32 Å². The molecular formula is C23H18N4O5. The molecule has 9 heteroatoms. The van der Waals surface area contributed by atoms with Gasteiger partial charge < -0.3 is 10.5 Å². The van der Waals surface area contributed by atoms with Crippen molar-refractivity contribution < 1.29 is 19.7 Å². The second-order valence-corrected chi connectivity index (χ2v) is 7.29. The number of Topliss-reactive ketones (excluding diaryl/α,β-unsaturated/α-hetero) is 1. The second kappa shape index (κ2) is 7.95. The van der Waals surface area contributed by atoms with Gasteiger partial charge in [0.25, 0.3) is 11.6 Å². The first-order valence-corrected chi connectivity index (χ1v) is 9.64. The number of hydrogen-bond donors (Lipinski definition) is 2. The molecule has 1 amide bonds. The molecule has 0 saturated heterocycles. The number of benzene rings is 3. The molecule has 0 fully saturated rings. The van der Waals surface area contributed by atoms with E-state index in [1.54, 1.807) is 49.4 Å². The van der Waals surface area contributed by atoms with Crippen LogP contribution in [0, 0.1) is 17.0 Å². The number of nitrogens with zero attached hydrogens (tertiary/aromatic N) is 3. The SMILES string of the molecule is CC(=O)c1ccc(C(=O)Nc2ccc(-c3nc4ccc([N+](=O)[O-])cc4n3O)cc2C)cc1. The van der Waals surface area contributed by atoms with Crippen LogP contribution in [0.3, 0.4) is 0 Å². The monoisotopic (exact) mass is 430 g/mol. The summed E-state index contributed by atoms with van der Waals surface area (Å²) < 4.78 is 0.811. The van der Waals surface area contributed by atoms with E-state index in [2.05, 4.69) is 10.3 Å². The first kappa shape index (κ1) is 20.7. The summed E-state index contributed by atoms with van der Waals surface area (Å²) in [4.78, 5) is 38.8. The van der Waals surface area contributed by atoms with Crippen LogP contribution in [0.2, 0.25) is 0 Å². The van der Waals surface area contributed by atoms with Crippen LogP contribution in [0.1, 0.15) is 33.2 Å². The summed E-state index contributed by atoms with van der Waals surface area (Å²) in [5.74, 6) is -0.174. The fraction of sp³-hybridized carbons (Fsp3) is 0.0870. The zero-order valence-electron chi connectivity index (χ0n) is 17.2. The highest BCUT2D eigenvalue weighted by molar-refractivity contribution is 6.05. The van der Waals surface area contributed by atoms with Crippen LogP contribution < -0.4 is 5.32 Å². The van der Waals surface area contributed by atoms with Gasteiger partial charge in [0.2, 0.25) is 0 Å². The van der Waals surface area contributed by atoms with E-state index in [1.807, 2.05) is 0 Å². The number of aromatic nitrogens is 2. The van der Waals surface area contributed by atoms with Gasteiger partial charge in [0.15, 0.2) is 11.6 Å². The van der Waals surface area contributed by atoms with Crippen molar-refractivity contribution in [1.29, 1.82) is 0 Å². The first-order valence-electron chi connectivity index (χ1n) is 9.64. The normalized spacial score (nSPS) is 10.8. The van der Waals surface area contributed by atoms with Gasteiger partial charge in [0.05, 0.1) is 10.4 Å². The lowest BCUT2D eigenvalue weighted by Gasteiger charge is -2.10. The van der Waals surface area contributed by atoms with Gasteiger partial charge in [-0.3, -0.25) is 19.7 Å². The number of rotatable bonds is 5.